The molecule has 0 aliphatic heterocycles. The Morgan fingerprint density at radius 2 is 2.33 bits per heavy atom. The first kappa shape index (κ1) is 12.2. The van der Waals surface area contributed by atoms with Gasteiger partial charge in [0.25, 0.3) is 0 Å². The van der Waals surface area contributed by atoms with E-state index in [2.05, 4.69) is 13.0 Å². The highest BCUT2D eigenvalue weighted by molar-refractivity contribution is 5.83. The van der Waals surface area contributed by atoms with Gasteiger partial charge in [0.1, 0.15) is 5.78 Å². The molecular formula is C12H21NO2. The maximum absolute atomic E-state index is 11.5. The molecule has 0 fully saturated rings. The smallest absolute Gasteiger partial charge is 0.149 e. The average Bonchev–Trinajstić information content (AvgIpc) is 2.14. The minimum atomic E-state index is 0.0590. The van der Waals surface area contributed by atoms with Gasteiger partial charge in [-0.25, -0.2) is 0 Å². The predicted molar refractivity (Wildman–Crippen MR) is 60.3 cm³/mol. The van der Waals surface area contributed by atoms with Crippen molar-refractivity contribution in [2.75, 3.05) is 6.54 Å². The van der Waals surface area contributed by atoms with Crippen molar-refractivity contribution in [3.8, 4) is 0 Å². The molecule has 0 saturated heterocycles. The maximum atomic E-state index is 11.5. The number of ether oxygens (including phenoxy) is 1. The van der Waals surface area contributed by atoms with E-state index in [4.69, 9.17) is 10.5 Å². The first-order chi connectivity index (χ1) is 7.02. The van der Waals surface area contributed by atoms with E-state index in [1.807, 2.05) is 13.8 Å². The van der Waals surface area contributed by atoms with E-state index in [-0.39, 0.29) is 24.3 Å². The van der Waals surface area contributed by atoms with Gasteiger partial charge in [0.05, 0.1) is 18.4 Å². The van der Waals surface area contributed by atoms with Crippen LogP contribution >= 0.6 is 0 Å². The normalized spacial score (nSPS) is 26.3. The van der Waals surface area contributed by atoms with E-state index >= 15 is 0 Å². The summed E-state index contributed by atoms with van der Waals surface area (Å²) in [5.41, 5.74) is 5.39. The van der Waals surface area contributed by atoms with E-state index in [1.54, 1.807) is 0 Å². The highest BCUT2D eigenvalue weighted by Gasteiger charge is 2.26. The fourth-order valence-electron chi connectivity index (χ4n) is 2.03. The van der Waals surface area contributed by atoms with Crippen molar-refractivity contribution < 1.29 is 9.53 Å². The van der Waals surface area contributed by atoms with Crippen molar-refractivity contribution in [3.05, 3.63) is 11.8 Å². The molecule has 0 spiro atoms. The van der Waals surface area contributed by atoms with Gasteiger partial charge in [-0.1, -0.05) is 6.92 Å². The van der Waals surface area contributed by atoms with Crippen molar-refractivity contribution in [1.29, 1.82) is 0 Å². The van der Waals surface area contributed by atoms with Crippen LogP contribution in [0.15, 0.2) is 11.8 Å². The molecule has 15 heavy (non-hydrogen) atoms. The van der Waals surface area contributed by atoms with E-state index in [0.717, 1.165) is 18.6 Å². The van der Waals surface area contributed by atoms with E-state index < -0.39 is 0 Å². The largest absolute Gasteiger partial charge is 0.496 e. The average molecular weight is 211 g/mol. The van der Waals surface area contributed by atoms with Crippen molar-refractivity contribution in [1.82, 2.24) is 0 Å². The molecule has 1 aliphatic carbocycles. The number of hydrogen-bond donors (Lipinski definition) is 1. The first-order valence-corrected chi connectivity index (χ1v) is 5.63. The Morgan fingerprint density at radius 1 is 1.67 bits per heavy atom. The van der Waals surface area contributed by atoms with Gasteiger partial charge in [0.2, 0.25) is 0 Å². The summed E-state index contributed by atoms with van der Waals surface area (Å²) in [7, 11) is 0. The Balaban J connectivity index is 2.63. The number of carbonyl (C=O) groups excluding carboxylic acids is 1. The van der Waals surface area contributed by atoms with Gasteiger partial charge in [-0.15, -0.1) is 0 Å². The summed E-state index contributed by atoms with van der Waals surface area (Å²) in [6, 6.07) is 0. The molecule has 0 heterocycles. The van der Waals surface area contributed by atoms with Crippen LogP contribution in [0.4, 0.5) is 0 Å². The lowest BCUT2D eigenvalue weighted by atomic mass is 9.84. The van der Waals surface area contributed by atoms with Crippen LogP contribution in [0.3, 0.4) is 0 Å². The fraction of sp³-hybridized carbons (Fsp3) is 0.750. The summed E-state index contributed by atoms with van der Waals surface area (Å²) in [5, 5.41) is 0. The molecule has 3 nitrogen and oxygen atoms in total. The lowest BCUT2D eigenvalue weighted by molar-refractivity contribution is -0.122. The van der Waals surface area contributed by atoms with Crippen LogP contribution in [0.1, 0.15) is 33.6 Å². The number of allylic oxidation sites excluding steroid dienone is 2. The first-order valence-electron chi connectivity index (χ1n) is 5.63. The van der Waals surface area contributed by atoms with Gasteiger partial charge in [-0.05, 0) is 32.3 Å². The molecule has 0 aromatic carbocycles. The Hall–Kier alpha value is -0.830. The summed E-state index contributed by atoms with van der Waals surface area (Å²) >= 11 is 0. The molecule has 0 aromatic heterocycles. The third-order valence-electron chi connectivity index (χ3n) is 2.62. The van der Waals surface area contributed by atoms with E-state index in [1.165, 1.54) is 0 Å². The van der Waals surface area contributed by atoms with Crippen LogP contribution in [-0.2, 0) is 9.53 Å². The van der Waals surface area contributed by atoms with E-state index in [9.17, 15) is 4.79 Å². The number of nitrogens with two attached hydrogens (primary N) is 1. The van der Waals surface area contributed by atoms with Crippen LogP contribution in [0.2, 0.25) is 0 Å². The van der Waals surface area contributed by atoms with Gasteiger partial charge in [-0.3, -0.25) is 4.79 Å². The molecule has 0 radical (unpaired) electrons. The second kappa shape index (κ2) is 5.31. The molecule has 1 aliphatic rings. The zero-order valence-corrected chi connectivity index (χ0v) is 9.82. The number of hydrogen-bond acceptors (Lipinski definition) is 3. The standard InChI is InChI=1S/C12H21NO2/c1-8(2)15-11-5-9(3)4-10(6-11)12(14)7-13/h5,8-10H,4,6-7,13H2,1-3H3/t9-,10?/m1/s1. The van der Waals surface area contributed by atoms with Crippen LogP contribution < -0.4 is 5.73 Å². The number of Topliss-reactive ketones (excluding diaryl/α,β-unsaturated/α-hetero) is 1. The summed E-state index contributed by atoms with van der Waals surface area (Å²) in [6.45, 7) is 6.26. The molecule has 3 heteroatoms. The fourth-order valence-corrected chi connectivity index (χ4v) is 2.03. The number of carbonyl (C=O) groups is 1. The van der Waals surface area contributed by atoms with Gasteiger partial charge in [0.15, 0.2) is 0 Å². The van der Waals surface area contributed by atoms with Crippen molar-refractivity contribution in [2.24, 2.45) is 17.6 Å². The zero-order chi connectivity index (χ0) is 11.4. The zero-order valence-electron chi connectivity index (χ0n) is 9.82. The quantitative estimate of drug-likeness (QED) is 0.772. The molecule has 1 rings (SSSR count). The lowest BCUT2D eigenvalue weighted by Gasteiger charge is -2.26. The van der Waals surface area contributed by atoms with Gasteiger partial charge in [-0.2, -0.15) is 0 Å². The number of rotatable bonds is 4. The third-order valence-corrected chi connectivity index (χ3v) is 2.62. The molecule has 2 atom stereocenters. The lowest BCUT2D eigenvalue weighted by Crippen LogP contribution is -2.28. The second-order valence-electron chi connectivity index (χ2n) is 4.58. The third kappa shape index (κ3) is 3.67. The maximum Gasteiger partial charge on any atom is 0.149 e. The van der Waals surface area contributed by atoms with Crippen LogP contribution in [-0.4, -0.2) is 18.4 Å². The minimum Gasteiger partial charge on any atom is -0.496 e. The molecule has 0 saturated carbocycles. The number of ketones is 1. The Morgan fingerprint density at radius 3 is 2.87 bits per heavy atom. The monoisotopic (exact) mass is 211 g/mol. The molecule has 86 valence electrons. The SMILES string of the molecule is CC(C)OC1=C[C@H](C)CC(C(=O)CN)C1. The predicted octanol–water partition coefficient (Wildman–Crippen LogP) is 1.87. The van der Waals surface area contributed by atoms with Gasteiger partial charge < -0.3 is 10.5 Å². The Bertz CT molecular complexity index is 258. The van der Waals surface area contributed by atoms with Crippen LogP contribution in [0, 0.1) is 11.8 Å². The van der Waals surface area contributed by atoms with Crippen molar-refractivity contribution in [2.45, 2.75) is 39.7 Å². The molecule has 0 aromatic rings. The highest BCUT2D eigenvalue weighted by atomic mass is 16.5. The Labute approximate surface area is 91.7 Å². The molecular weight excluding hydrogens is 190 g/mol. The van der Waals surface area contributed by atoms with Gasteiger partial charge in [0, 0.05) is 12.3 Å². The van der Waals surface area contributed by atoms with Crippen molar-refractivity contribution in [3.63, 3.8) is 0 Å². The molecule has 1 unspecified atom stereocenters. The van der Waals surface area contributed by atoms with Gasteiger partial charge >= 0.3 is 0 Å². The van der Waals surface area contributed by atoms with Crippen LogP contribution in [0.5, 0.6) is 0 Å². The van der Waals surface area contributed by atoms with E-state index in [0.29, 0.717) is 5.92 Å². The minimum absolute atomic E-state index is 0.0590. The van der Waals surface area contributed by atoms with Crippen molar-refractivity contribution >= 4 is 5.78 Å². The summed E-state index contributed by atoms with van der Waals surface area (Å²) in [4.78, 5) is 11.5. The topological polar surface area (TPSA) is 52.3 Å². The highest BCUT2D eigenvalue weighted by Crippen LogP contribution is 2.29. The summed E-state index contributed by atoms with van der Waals surface area (Å²) < 4.78 is 5.65. The summed E-state index contributed by atoms with van der Waals surface area (Å²) in [5.74, 6) is 1.58. The summed E-state index contributed by atoms with van der Waals surface area (Å²) in [6.07, 6.45) is 3.93. The second-order valence-corrected chi connectivity index (χ2v) is 4.58. The Kier molecular flexibility index (Phi) is 4.33. The molecule has 0 amide bonds. The van der Waals surface area contributed by atoms with Crippen LogP contribution in [0.25, 0.3) is 0 Å². The molecule has 2 N–H and O–H groups in total. The molecule has 0 bridgehead atoms.